The first-order valence-corrected chi connectivity index (χ1v) is 17.5. The van der Waals surface area contributed by atoms with Gasteiger partial charge in [0.2, 0.25) is 5.78 Å². The smallest absolute Gasteiger partial charge is 0.206 e. The van der Waals surface area contributed by atoms with Gasteiger partial charge in [-0.15, -0.1) is 9.24 Å². The number of fused-ring (bicyclic) bond motifs is 2. The second-order valence-electron chi connectivity index (χ2n) is 11.7. The van der Waals surface area contributed by atoms with Gasteiger partial charge >= 0.3 is 0 Å². The number of carbonyl (C=O) groups is 2. The van der Waals surface area contributed by atoms with Crippen molar-refractivity contribution in [3.8, 4) is 22.3 Å². The summed E-state index contributed by atoms with van der Waals surface area (Å²) in [6, 6.07) is 34.9. The molecular formula is C45H43O3P. The molecule has 3 nitrogen and oxygen atoms in total. The predicted molar refractivity (Wildman–Crippen MR) is 212 cm³/mol. The van der Waals surface area contributed by atoms with Crippen LogP contribution in [0.5, 0.6) is 0 Å². The van der Waals surface area contributed by atoms with Crippen LogP contribution in [0.3, 0.4) is 0 Å². The van der Waals surface area contributed by atoms with Crippen LogP contribution in [0.1, 0.15) is 74.2 Å². The number of rotatable bonds is 10. The van der Waals surface area contributed by atoms with Gasteiger partial charge < -0.3 is 4.42 Å². The number of allylic oxidation sites excluding steroid dienone is 3. The average Bonchev–Trinajstić information content (AvgIpc) is 3.51. The number of hydrogen-bond donors (Lipinski definition) is 0. The molecule has 0 saturated heterocycles. The highest BCUT2D eigenvalue weighted by Gasteiger charge is 2.30. The van der Waals surface area contributed by atoms with Crippen molar-refractivity contribution in [2.24, 2.45) is 0 Å². The van der Waals surface area contributed by atoms with E-state index in [1.807, 2.05) is 88.4 Å². The third-order valence-corrected chi connectivity index (χ3v) is 9.03. The first-order chi connectivity index (χ1) is 23.9. The summed E-state index contributed by atoms with van der Waals surface area (Å²) in [6.07, 6.45) is 8.22. The SMILES string of the molecule is C=C(c1ccc(-c2c(C(/C=C\C)C(=O)C=O)c(C(C)P)c(-c3ccccc3)c3ccccc23)cc1)c1oc2ccccc2c1/C=C\C.CC. The van der Waals surface area contributed by atoms with E-state index in [1.54, 1.807) is 0 Å². The topological polar surface area (TPSA) is 47.3 Å². The maximum atomic E-state index is 13.5. The van der Waals surface area contributed by atoms with Gasteiger partial charge in [-0.2, -0.15) is 0 Å². The lowest BCUT2D eigenvalue weighted by Crippen LogP contribution is -2.16. The maximum absolute atomic E-state index is 13.5. The van der Waals surface area contributed by atoms with Crippen molar-refractivity contribution in [1.29, 1.82) is 0 Å². The Kier molecular flexibility index (Phi) is 11.4. The number of hydrogen-bond acceptors (Lipinski definition) is 3. The Morgan fingerprint density at radius 1 is 0.735 bits per heavy atom. The van der Waals surface area contributed by atoms with Crippen molar-refractivity contribution in [3.05, 3.63) is 156 Å². The van der Waals surface area contributed by atoms with Gasteiger partial charge in [0.15, 0.2) is 6.29 Å². The molecule has 6 aromatic rings. The van der Waals surface area contributed by atoms with Crippen molar-refractivity contribution < 1.29 is 14.0 Å². The molecule has 0 amide bonds. The molecular weight excluding hydrogens is 619 g/mol. The minimum atomic E-state index is -0.744. The van der Waals surface area contributed by atoms with Crippen LogP contribution in [0.2, 0.25) is 0 Å². The van der Waals surface area contributed by atoms with Crippen LogP contribution in [-0.2, 0) is 9.59 Å². The molecule has 0 aliphatic carbocycles. The fourth-order valence-electron chi connectivity index (χ4n) is 6.69. The van der Waals surface area contributed by atoms with Crippen molar-refractivity contribution in [1.82, 2.24) is 0 Å². The number of carbonyl (C=O) groups excluding carboxylic acids is 2. The van der Waals surface area contributed by atoms with E-state index in [2.05, 4.69) is 89.5 Å². The molecule has 1 aromatic heterocycles. The zero-order valence-electron chi connectivity index (χ0n) is 28.9. The van der Waals surface area contributed by atoms with E-state index in [4.69, 9.17) is 4.42 Å². The number of aldehydes is 1. The molecule has 0 radical (unpaired) electrons. The lowest BCUT2D eigenvalue weighted by atomic mass is 9.77. The van der Waals surface area contributed by atoms with E-state index in [0.717, 1.165) is 77.6 Å². The summed E-state index contributed by atoms with van der Waals surface area (Å²) in [7, 11) is 2.93. The lowest BCUT2D eigenvalue weighted by molar-refractivity contribution is -0.130. The molecule has 49 heavy (non-hydrogen) atoms. The Hall–Kier alpha value is -5.11. The average molecular weight is 663 g/mol. The predicted octanol–water partition coefficient (Wildman–Crippen LogP) is 12.4. The molecule has 4 heteroatoms. The highest BCUT2D eigenvalue weighted by Crippen LogP contribution is 2.49. The first-order valence-electron chi connectivity index (χ1n) is 16.8. The Bertz CT molecular complexity index is 2180. The molecule has 6 rings (SSSR count). The zero-order chi connectivity index (χ0) is 35.1. The number of Topliss-reactive ketones (excluding diaryl/α,β-unsaturated/α-hetero) is 1. The summed E-state index contributed by atoms with van der Waals surface area (Å²) >= 11 is 0. The molecule has 0 N–H and O–H groups in total. The third-order valence-electron chi connectivity index (χ3n) is 8.69. The van der Waals surface area contributed by atoms with Gasteiger partial charge in [0.1, 0.15) is 11.3 Å². The molecule has 0 spiro atoms. The first kappa shape index (κ1) is 35.2. The van der Waals surface area contributed by atoms with Crippen molar-refractivity contribution in [2.75, 3.05) is 0 Å². The third kappa shape index (κ3) is 6.77. The second-order valence-corrected chi connectivity index (χ2v) is 12.7. The molecule has 5 aromatic carbocycles. The van der Waals surface area contributed by atoms with Crippen LogP contribution >= 0.6 is 9.24 Å². The molecule has 3 atom stereocenters. The molecule has 0 bridgehead atoms. The van der Waals surface area contributed by atoms with Gasteiger partial charge in [0, 0.05) is 16.5 Å². The highest BCUT2D eigenvalue weighted by atomic mass is 31.0. The zero-order valence-corrected chi connectivity index (χ0v) is 30.0. The fraction of sp³-hybridized carbons (Fsp3) is 0.156. The Labute approximate surface area is 292 Å². The van der Waals surface area contributed by atoms with Crippen molar-refractivity contribution in [2.45, 2.75) is 46.2 Å². The van der Waals surface area contributed by atoms with Gasteiger partial charge in [-0.3, -0.25) is 9.59 Å². The summed E-state index contributed by atoms with van der Waals surface area (Å²) in [5.41, 5.74) is 9.41. The standard InChI is InChI=1S/C43H37O3P.C2H6/c1-5-14-35-32-18-12-13-21-38(32)46-43(35)27(3)29-22-24-31(25-23-29)41-34-20-11-10-19-33(34)40(30-16-8-7-9-17-30)39(28(4)47)42(41)36(15-6-2)37(45)26-44;1-2/h5-26,28,36H,3,47H2,1-2,4H3;1-2H3/b14-5-,15-6-;. The summed E-state index contributed by atoms with van der Waals surface area (Å²) in [5.74, 6) is -0.484. The minimum Gasteiger partial charge on any atom is -0.455 e. The van der Waals surface area contributed by atoms with Crippen LogP contribution in [-0.4, -0.2) is 12.1 Å². The van der Waals surface area contributed by atoms with Crippen LogP contribution in [0.25, 0.3) is 55.6 Å². The molecule has 0 aliphatic rings. The molecule has 0 aliphatic heterocycles. The monoisotopic (exact) mass is 662 g/mol. The molecule has 1 heterocycles. The Balaban J connectivity index is 0.00000230. The van der Waals surface area contributed by atoms with Gasteiger partial charge in [-0.25, -0.2) is 0 Å². The van der Waals surface area contributed by atoms with E-state index in [0.29, 0.717) is 6.29 Å². The van der Waals surface area contributed by atoms with Gasteiger partial charge in [0.25, 0.3) is 0 Å². The summed E-state index contributed by atoms with van der Waals surface area (Å²) in [5, 5.41) is 3.15. The molecule has 246 valence electrons. The maximum Gasteiger partial charge on any atom is 0.206 e. The number of para-hydroxylation sites is 1. The quantitative estimate of drug-likeness (QED) is 0.0635. The van der Waals surface area contributed by atoms with E-state index in [9.17, 15) is 9.59 Å². The molecule has 0 saturated carbocycles. The number of furan rings is 1. The van der Waals surface area contributed by atoms with E-state index in [-0.39, 0.29) is 5.66 Å². The lowest BCUT2D eigenvalue weighted by Gasteiger charge is -2.28. The van der Waals surface area contributed by atoms with Crippen LogP contribution in [0.4, 0.5) is 0 Å². The van der Waals surface area contributed by atoms with Crippen molar-refractivity contribution in [3.63, 3.8) is 0 Å². The van der Waals surface area contributed by atoms with Crippen molar-refractivity contribution >= 4 is 54.7 Å². The van der Waals surface area contributed by atoms with E-state index < -0.39 is 11.7 Å². The fourth-order valence-corrected chi connectivity index (χ4v) is 7.04. The number of ketones is 1. The van der Waals surface area contributed by atoms with Crippen LogP contribution in [0, 0.1) is 0 Å². The van der Waals surface area contributed by atoms with Gasteiger partial charge in [-0.05, 0) is 75.3 Å². The van der Waals surface area contributed by atoms with Crippen LogP contribution < -0.4 is 0 Å². The van der Waals surface area contributed by atoms with E-state index >= 15 is 0 Å². The largest absolute Gasteiger partial charge is 0.455 e. The normalized spacial score (nSPS) is 12.6. The highest BCUT2D eigenvalue weighted by molar-refractivity contribution is 7.17. The summed E-state index contributed by atoms with van der Waals surface area (Å²) in [6.45, 7) is 14.4. The van der Waals surface area contributed by atoms with Crippen LogP contribution in [0.15, 0.2) is 132 Å². The molecule has 3 unspecified atom stereocenters. The second kappa shape index (κ2) is 15.9. The minimum absolute atomic E-state index is 0.0204. The molecule has 0 fully saturated rings. The number of benzene rings is 5. The Morgan fingerprint density at radius 2 is 1.29 bits per heavy atom. The van der Waals surface area contributed by atoms with E-state index in [1.165, 1.54) is 0 Å². The van der Waals surface area contributed by atoms with Gasteiger partial charge in [0.05, 0.1) is 5.92 Å². The summed E-state index contributed by atoms with van der Waals surface area (Å²) < 4.78 is 6.32. The van der Waals surface area contributed by atoms with Gasteiger partial charge in [-0.1, -0.05) is 149 Å². The Morgan fingerprint density at radius 3 is 1.86 bits per heavy atom. The summed E-state index contributed by atoms with van der Waals surface area (Å²) in [4.78, 5) is 25.6.